The lowest BCUT2D eigenvalue weighted by Gasteiger charge is -2.34. The molecular weight excluding hydrogens is 244 g/mol. The highest BCUT2D eigenvalue weighted by molar-refractivity contribution is 5.98. The molecule has 0 aromatic heterocycles. The third kappa shape index (κ3) is 3.05. The number of amides is 3. The van der Waals surface area contributed by atoms with Crippen molar-refractivity contribution in [1.29, 1.82) is 0 Å². The van der Waals surface area contributed by atoms with Gasteiger partial charge in [-0.1, -0.05) is 12.1 Å². The van der Waals surface area contributed by atoms with E-state index in [0.29, 0.717) is 0 Å². The molecule has 19 heavy (non-hydrogen) atoms. The highest BCUT2D eigenvalue weighted by Crippen LogP contribution is 2.28. The molecule has 1 aromatic rings. The van der Waals surface area contributed by atoms with Crippen LogP contribution in [0.3, 0.4) is 0 Å². The van der Waals surface area contributed by atoms with Crippen LogP contribution in [-0.4, -0.2) is 18.0 Å². The molecule has 0 aliphatic carbocycles. The topological polar surface area (TPSA) is 67.4 Å². The first-order valence-corrected chi connectivity index (χ1v) is 6.28. The molecule has 1 aliphatic rings. The smallest absolute Gasteiger partial charge is 0.322 e. The summed E-state index contributed by atoms with van der Waals surface area (Å²) in [6.07, 6.45) is 0.338. The van der Waals surface area contributed by atoms with Gasteiger partial charge in [-0.2, -0.15) is 0 Å². The zero-order valence-electron chi connectivity index (χ0n) is 11.3. The fraction of sp³-hybridized carbons (Fsp3) is 0.429. The van der Waals surface area contributed by atoms with Crippen LogP contribution in [-0.2, 0) is 10.3 Å². The van der Waals surface area contributed by atoms with Gasteiger partial charge in [-0.3, -0.25) is 10.1 Å². The van der Waals surface area contributed by atoms with Gasteiger partial charge in [0.05, 0.1) is 18.1 Å². The molecule has 1 heterocycles. The fourth-order valence-corrected chi connectivity index (χ4v) is 2.17. The van der Waals surface area contributed by atoms with Crippen molar-refractivity contribution in [2.24, 2.45) is 0 Å². The Hall–Kier alpha value is -2.04. The van der Waals surface area contributed by atoms with Gasteiger partial charge in [-0.05, 0) is 38.5 Å². The summed E-state index contributed by atoms with van der Waals surface area (Å²) in [6, 6.07) is 6.98. The van der Waals surface area contributed by atoms with Crippen LogP contribution in [0.15, 0.2) is 24.3 Å². The van der Waals surface area contributed by atoms with Gasteiger partial charge in [0.2, 0.25) is 5.91 Å². The first-order chi connectivity index (χ1) is 8.89. The molecule has 1 fully saturated rings. The molecule has 1 aliphatic heterocycles. The first-order valence-electron chi connectivity index (χ1n) is 6.28. The number of hydrogen-bond acceptors (Lipinski definition) is 3. The van der Waals surface area contributed by atoms with Crippen molar-refractivity contribution in [1.82, 2.24) is 10.6 Å². The third-order valence-corrected chi connectivity index (χ3v) is 3.02. The van der Waals surface area contributed by atoms with E-state index in [1.54, 1.807) is 0 Å². The number of hydrogen-bond donors (Lipinski definition) is 2. The third-order valence-electron chi connectivity index (χ3n) is 3.02. The molecule has 1 atom stereocenters. The van der Waals surface area contributed by atoms with E-state index in [0.717, 1.165) is 11.3 Å². The van der Waals surface area contributed by atoms with Crippen LogP contribution in [0.4, 0.5) is 4.79 Å². The normalized spacial score (nSPS) is 22.9. The van der Waals surface area contributed by atoms with Crippen molar-refractivity contribution < 1.29 is 14.3 Å². The summed E-state index contributed by atoms with van der Waals surface area (Å²) >= 11 is 0. The predicted octanol–water partition coefficient (Wildman–Crippen LogP) is 1.92. The van der Waals surface area contributed by atoms with Gasteiger partial charge in [-0.15, -0.1) is 0 Å². The van der Waals surface area contributed by atoms with Crippen molar-refractivity contribution in [2.75, 3.05) is 0 Å². The van der Waals surface area contributed by atoms with E-state index >= 15 is 0 Å². The minimum Gasteiger partial charge on any atom is -0.491 e. The number of carbonyl (C=O) groups is 2. The van der Waals surface area contributed by atoms with Crippen LogP contribution in [0.5, 0.6) is 5.75 Å². The predicted molar refractivity (Wildman–Crippen MR) is 70.8 cm³/mol. The van der Waals surface area contributed by atoms with E-state index in [4.69, 9.17) is 4.74 Å². The van der Waals surface area contributed by atoms with Crippen LogP contribution in [0.25, 0.3) is 0 Å². The molecule has 1 saturated heterocycles. The molecule has 5 heteroatoms. The lowest BCUT2D eigenvalue weighted by Crippen LogP contribution is -2.57. The lowest BCUT2D eigenvalue weighted by atomic mass is 9.87. The van der Waals surface area contributed by atoms with E-state index in [1.165, 1.54) is 0 Å². The van der Waals surface area contributed by atoms with Crippen LogP contribution < -0.4 is 15.4 Å². The zero-order valence-corrected chi connectivity index (χ0v) is 11.3. The molecule has 3 amide bonds. The van der Waals surface area contributed by atoms with E-state index in [1.807, 2.05) is 45.0 Å². The van der Waals surface area contributed by atoms with Crippen molar-refractivity contribution in [3.05, 3.63) is 29.8 Å². The minimum atomic E-state index is -0.671. The SMILES string of the molecule is CC(C)Oc1ccc(C2(C)CC(=O)NC(=O)N2)cc1. The van der Waals surface area contributed by atoms with E-state index < -0.39 is 11.6 Å². The number of rotatable bonds is 3. The molecule has 0 bridgehead atoms. The van der Waals surface area contributed by atoms with E-state index in [-0.39, 0.29) is 18.4 Å². The lowest BCUT2D eigenvalue weighted by molar-refractivity contribution is -0.122. The highest BCUT2D eigenvalue weighted by atomic mass is 16.5. The van der Waals surface area contributed by atoms with Crippen LogP contribution in [0, 0.1) is 0 Å². The standard InChI is InChI=1S/C14H18N2O3/c1-9(2)19-11-6-4-10(5-7-11)14(3)8-12(17)15-13(18)16-14/h4-7,9H,8H2,1-3H3,(H2,15,16,17,18). The maximum atomic E-state index is 11.5. The van der Waals surface area contributed by atoms with Crippen molar-refractivity contribution in [3.8, 4) is 5.75 Å². The summed E-state index contributed by atoms with van der Waals surface area (Å²) in [5, 5.41) is 5.02. The molecule has 2 rings (SSSR count). The Bertz CT molecular complexity index is 478. The number of carbonyl (C=O) groups excluding carboxylic acids is 2. The quantitative estimate of drug-likeness (QED) is 0.874. The average molecular weight is 262 g/mol. The molecule has 1 unspecified atom stereocenters. The summed E-state index contributed by atoms with van der Waals surface area (Å²) in [5.74, 6) is 0.502. The molecule has 0 spiro atoms. The van der Waals surface area contributed by atoms with Crippen molar-refractivity contribution >= 4 is 11.9 Å². The molecule has 0 radical (unpaired) electrons. The first kappa shape index (κ1) is 13.4. The van der Waals surface area contributed by atoms with Gasteiger partial charge < -0.3 is 10.1 Å². The second-order valence-corrected chi connectivity index (χ2v) is 5.20. The van der Waals surface area contributed by atoms with Crippen LogP contribution in [0.2, 0.25) is 0 Å². The van der Waals surface area contributed by atoms with Gasteiger partial charge in [0.1, 0.15) is 5.75 Å². The summed E-state index contributed by atoms with van der Waals surface area (Å²) in [4.78, 5) is 22.9. The Balaban J connectivity index is 2.21. The Morgan fingerprint density at radius 2 is 1.84 bits per heavy atom. The maximum Gasteiger partial charge on any atom is 0.322 e. The monoisotopic (exact) mass is 262 g/mol. The zero-order chi connectivity index (χ0) is 14.0. The molecule has 102 valence electrons. The van der Waals surface area contributed by atoms with E-state index in [9.17, 15) is 9.59 Å². The Labute approximate surface area is 112 Å². The second-order valence-electron chi connectivity index (χ2n) is 5.20. The molecule has 0 saturated carbocycles. The number of benzene rings is 1. The second kappa shape index (κ2) is 4.91. The van der Waals surface area contributed by atoms with Crippen LogP contribution >= 0.6 is 0 Å². The van der Waals surface area contributed by atoms with Gasteiger partial charge in [0.25, 0.3) is 0 Å². The van der Waals surface area contributed by atoms with Gasteiger partial charge in [0, 0.05) is 0 Å². The fourth-order valence-electron chi connectivity index (χ4n) is 2.17. The molecule has 1 aromatic carbocycles. The van der Waals surface area contributed by atoms with Crippen molar-refractivity contribution in [3.63, 3.8) is 0 Å². The number of ether oxygens (including phenoxy) is 1. The number of imide groups is 1. The van der Waals surface area contributed by atoms with Crippen molar-refractivity contribution in [2.45, 2.75) is 38.8 Å². The van der Waals surface area contributed by atoms with Gasteiger partial charge in [-0.25, -0.2) is 4.79 Å². The minimum absolute atomic E-state index is 0.113. The molecule has 2 N–H and O–H groups in total. The molecular formula is C14H18N2O3. The van der Waals surface area contributed by atoms with E-state index in [2.05, 4.69) is 10.6 Å². The summed E-state index contributed by atoms with van der Waals surface area (Å²) in [5.41, 5.74) is 0.210. The summed E-state index contributed by atoms with van der Waals surface area (Å²) in [6.45, 7) is 5.75. The Morgan fingerprint density at radius 1 is 1.21 bits per heavy atom. The maximum absolute atomic E-state index is 11.5. The number of urea groups is 1. The van der Waals surface area contributed by atoms with Gasteiger partial charge >= 0.3 is 6.03 Å². The number of nitrogens with one attached hydrogen (secondary N) is 2. The van der Waals surface area contributed by atoms with Gasteiger partial charge in [0.15, 0.2) is 0 Å². The largest absolute Gasteiger partial charge is 0.491 e. The summed E-state index contributed by atoms with van der Waals surface area (Å²) in [7, 11) is 0. The average Bonchev–Trinajstić information content (AvgIpc) is 2.26. The highest BCUT2D eigenvalue weighted by Gasteiger charge is 2.36. The molecule has 5 nitrogen and oxygen atoms in total. The Kier molecular flexibility index (Phi) is 3.46. The Morgan fingerprint density at radius 3 is 2.37 bits per heavy atom. The van der Waals surface area contributed by atoms with Crippen LogP contribution in [0.1, 0.15) is 32.8 Å². The summed E-state index contributed by atoms with van der Waals surface area (Å²) < 4.78 is 5.57.